The number of rotatable bonds is 4. The van der Waals surface area contributed by atoms with E-state index < -0.39 is 0 Å². The number of imidazole rings is 1. The van der Waals surface area contributed by atoms with Gasteiger partial charge >= 0.3 is 0 Å². The first-order valence-electron chi connectivity index (χ1n) is 6.96. The van der Waals surface area contributed by atoms with Crippen LogP contribution in [-0.2, 0) is 19.6 Å². The Labute approximate surface area is 123 Å². The summed E-state index contributed by atoms with van der Waals surface area (Å²) < 4.78 is 2.30. The van der Waals surface area contributed by atoms with E-state index in [2.05, 4.69) is 44.6 Å². The molecule has 1 aliphatic rings. The van der Waals surface area contributed by atoms with Gasteiger partial charge in [0, 0.05) is 49.5 Å². The highest BCUT2D eigenvalue weighted by molar-refractivity contribution is 7.09. The van der Waals surface area contributed by atoms with Gasteiger partial charge in [0.1, 0.15) is 10.8 Å². The molecular formula is C14H21N5S. The fourth-order valence-electron chi connectivity index (χ4n) is 2.90. The van der Waals surface area contributed by atoms with Crippen LogP contribution in [0.2, 0.25) is 0 Å². The van der Waals surface area contributed by atoms with Crippen LogP contribution in [0, 0.1) is 5.92 Å². The summed E-state index contributed by atoms with van der Waals surface area (Å²) >= 11 is 1.73. The summed E-state index contributed by atoms with van der Waals surface area (Å²) in [5, 5.41) is 3.24. The van der Waals surface area contributed by atoms with Crippen molar-refractivity contribution in [1.29, 1.82) is 0 Å². The lowest BCUT2D eigenvalue weighted by atomic mass is 10.1. The second kappa shape index (κ2) is 6.03. The molecule has 1 unspecified atom stereocenters. The summed E-state index contributed by atoms with van der Waals surface area (Å²) in [6, 6.07) is 0. The minimum absolute atomic E-state index is 0.625. The number of hydrogen-bond acceptors (Lipinski definition) is 5. The second-order valence-electron chi connectivity index (χ2n) is 5.72. The van der Waals surface area contributed by atoms with Gasteiger partial charge in [-0.1, -0.05) is 0 Å². The summed E-state index contributed by atoms with van der Waals surface area (Å²) in [5.41, 5.74) is 0. The van der Waals surface area contributed by atoms with Crippen LogP contribution in [0.3, 0.4) is 0 Å². The van der Waals surface area contributed by atoms with Crippen molar-refractivity contribution in [2.75, 3.05) is 27.2 Å². The van der Waals surface area contributed by atoms with E-state index in [9.17, 15) is 0 Å². The molecule has 0 amide bonds. The maximum absolute atomic E-state index is 4.50. The zero-order valence-electron chi connectivity index (χ0n) is 12.1. The molecule has 1 atom stereocenters. The first-order chi connectivity index (χ1) is 9.70. The molecule has 1 aliphatic heterocycles. The minimum Gasteiger partial charge on any atom is -0.333 e. The van der Waals surface area contributed by atoms with Crippen molar-refractivity contribution in [2.24, 2.45) is 5.92 Å². The Balaban J connectivity index is 1.76. The molecule has 20 heavy (non-hydrogen) atoms. The van der Waals surface area contributed by atoms with Crippen LogP contribution in [0.15, 0.2) is 24.0 Å². The number of thiazole rings is 1. The summed E-state index contributed by atoms with van der Waals surface area (Å²) in [6.45, 7) is 5.10. The molecule has 0 N–H and O–H groups in total. The lowest BCUT2D eigenvalue weighted by molar-refractivity contribution is 0.194. The van der Waals surface area contributed by atoms with E-state index in [4.69, 9.17) is 0 Å². The molecule has 2 aromatic rings. The van der Waals surface area contributed by atoms with Crippen molar-refractivity contribution >= 4 is 11.3 Å². The van der Waals surface area contributed by atoms with Crippen LogP contribution in [-0.4, -0.2) is 51.5 Å². The Bertz CT molecular complexity index is 534. The van der Waals surface area contributed by atoms with Gasteiger partial charge in [-0.25, -0.2) is 9.97 Å². The van der Waals surface area contributed by atoms with E-state index in [1.54, 1.807) is 11.3 Å². The third-order valence-electron chi connectivity index (χ3n) is 3.60. The standard InChI is InChI=1S/C14H21N5S/c1-17(2)7-12-8-18(11-14-16-4-6-20-14)10-13-15-3-5-19(13)9-12/h3-6,12H,7-11H2,1-2H3. The number of hydrogen-bond donors (Lipinski definition) is 0. The van der Waals surface area contributed by atoms with Gasteiger partial charge in [-0.15, -0.1) is 11.3 Å². The van der Waals surface area contributed by atoms with Crippen molar-refractivity contribution in [3.8, 4) is 0 Å². The highest BCUT2D eigenvalue weighted by Crippen LogP contribution is 2.19. The van der Waals surface area contributed by atoms with Crippen molar-refractivity contribution in [1.82, 2.24) is 24.3 Å². The average molecular weight is 291 g/mol. The fraction of sp³-hybridized carbons (Fsp3) is 0.571. The van der Waals surface area contributed by atoms with Crippen molar-refractivity contribution < 1.29 is 0 Å². The molecule has 0 bridgehead atoms. The van der Waals surface area contributed by atoms with E-state index in [0.717, 1.165) is 32.7 Å². The predicted octanol–water partition coefficient (Wildman–Crippen LogP) is 1.53. The molecule has 2 aromatic heterocycles. The summed E-state index contributed by atoms with van der Waals surface area (Å²) in [5.74, 6) is 1.79. The summed E-state index contributed by atoms with van der Waals surface area (Å²) in [6.07, 6.45) is 5.90. The third-order valence-corrected chi connectivity index (χ3v) is 4.37. The first kappa shape index (κ1) is 13.7. The fourth-order valence-corrected chi connectivity index (χ4v) is 3.56. The van der Waals surface area contributed by atoms with E-state index in [1.165, 1.54) is 10.8 Å². The SMILES string of the molecule is CN(C)CC1CN(Cc2nccs2)Cc2nccn2C1. The van der Waals surface area contributed by atoms with Gasteiger partial charge in [0.05, 0.1) is 13.1 Å². The Kier molecular flexibility index (Phi) is 4.14. The molecule has 3 rings (SSSR count). The van der Waals surface area contributed by atoms with Gasteiger partial charge in [0.25, 0.3) is 0 Å². The van der Waals surface area contributed by atoms with Crippen molar-refractivity contribution in [3.05, 3.63) is 34.8 Å². The minimum atomic E-state index is 0.625. The molecule has 0 saturated carbocycles. The first-order valence-corrected chi connectivity index (χ1v) is 7.84. The van der Waals surface area contributed by atoms with Crippen molar-refractivity contribution in [3.63, 3.8) is 0 Å². The highest BCUT2D eigenvalue weighted by Gasteiger charge is 2.23. The quantitative estimate of drug-likeness (QED) is 0.856. The number of fused-ring (bicyclic) bond motifs is 1. The molecular weight excluding hydrogens is 270 g/mol. The Morgan fingerprint density at radius 1 is 1.30 bits per heavy atom. The molecule has 6 heteroatoms. The van der Waals surface area contributed by atoms with Gasteiger partial charge in [-0.2, -0.15) is 0 Å². The van der Waals surface area contributed by atoms with Crippen molar-refractivity contribution in [2.45, 2.75) is 19.6 Å². The predicted molar refractivity (Wildman–Crippen MR) is 80.5 cm³/mol. The van der Waals surface area contributed by atoms with E-state index in [-0.39, 0.29) is 0 Å². The molecule has 108 valence electrons. The zero-order chi connectivity index (χ0) is 13.9. The van der Waals surface area contributed by atoms with Crippen LogP contribution in [0.5, 0.6) is 0 Å². The third kappa shape index (κ3) is 3.26. The Morgan fingerprint density at radius 2 is 2.20 bits per heavy atom. The van der Waals surface area contributed by atoms with E-state index in [0.29, 0.717) is 5.92 Å². The second-order valence-corrected chi connectivity index (χ2v) is 6.70. The molecule has 0 saturated heterocycles. The van der Waals surface area contributed by atoms with Crippen LogP contribution < -0.4 is 0 Å². The molecule has 5 nitrogen and oxygen atoms in total. The topological polar surface area (TPSA) is 37.2 Å². The zero-order valence-corrected chi connectivity index (χ0v) is 12.9. The van der Waals surface area contributed by atoms with E-state index in [1.807, 2.05) is 17.8 Å². The summed E-state index contributed by atoms with van der Waals surface area (Å²) in [7, 11) is 4.29. The Hall–Kier alpha value is -1.24. The van der Waals surface area contributed by atoms with Crippen LogP contribution in [0.25, 0.3) is 0 Å². The number of nitrogens with zero attached hydrogens (tertiary/aromatic N) is 5. The van der Waals surface area contributed by atoms with Gasteiger partial charge in [0.2, 0.25) is 0 Å². The number of aromatic nitrogens is 3. The maximum Gasteiger partial charge on any atom is 0.122 e. The monoisotopic (exact) mass is 291 g/mol. The molecule has 0 spiro atoms. The normalized spacial score (nSPS) is 20.1. The maximum atomic E-state index is 4.50. The molecule has 3 heterocycles. The average Bonchev–Trinajstić information content (AvgIpc) is 2.99. The largest absolute Gasteiger partial charge is 0.333 e. The molecule has 0 aliphatic carbocycles. The van der Waals surface area contributed by atoms with Gasteiger partial charge < -0.3 is 9.47 Å². The molecule has 0 fully saturated rings. The lowest BCUT2D eigenvalue weighted by Gasteiger charge is -2.25. The smallest absolute Gasteiger partial charge is 0.122 e. The van der Waals surface area contributed by atoms with Gasteiger partial charge in [-0.3, -0.25) is 4.90 Å². The lowest BCUT2D eigenvalue weighted by Crippen LogP contribution is -2.33. The summed E-state index contributed by atoms with van der Waals surface area (Å²) in [4.78, 5) is 13.7. The highest BCUT2D eigenvalue weighted by atomic mass is 32.1. The Morgan fingerprint density at radius 3 is 2.95 bits per heavy atom. The van der Waals surface area contributed by atoms with Gasteiger partial charge in [-0.05, 0) is 14.1 Å². The van der Waals surface area contributed by atoms with Crippen LogP contribution in [0.1, 0.15) is 10.8 Å². The molecule has 0 radical (unpaired) electrons. The van der Waals surface area contributed by atoms with Crippen LogP contribution in [0.4, 0.5) is 0 Å². The van der Waals surface area contributed by atoms with Crippen LogP contribution >= 0.6 is 11.3 Å². The van der Waals surface area contributed by atoms with Gasteiger partial charge in [0.15, 0.2) is 0 Å². The molecule has 0 aromatic carbocycles. The van der Waals surface area contributed by atoms with E-state index >= 15 is 0 Å².